The lowest BCUT2D eigenvalue weighted by Crippen LogP contribution is -2.22. The molecule has 1 unspecified atom stereocenters. The zero-order valence-corrected chi connectivity index (χ0v) is 21.3. The number of ether oxygens (including phenoxy) is 1. The Labute approximate surface area is 207 Å². The monoisotopic (exact) mass is 493 g/mol. The van der Waals surface area contributed by atoms with Crippen molar-refractivity contribution >= 4 is 21.6 Å². The average Bonchev–Trinajstić information content (AvgIpc) is 2.87. The van der Waals surface area contributed by atoms with E-state index < -0.39 is 10.0 Å². The van der Waals surface area contributed by atoms with E-state index in [9.17, 15) is 13.2 Å². The molecule has 3 aromatic carbocycles. The second kappa shape index (κ2) is 10.1. The van der Waals surface area contributed by atoms with Gasteiger partial charge in [-0.15, -0.1) is 0 Å². The molecular weight excluding hydrogens is 462 g/mol. The smallest absolute Gasteiger partial charge is 0.265 e. The molecule has 0 aliphatic heterocycles. The van der Waals surface area contributed by atoms with Gasteiger partial charge in [0.05, 0.1) is 7.11 Å². The number of hydrogen-bond acceptors (Lipinski definition) is 5. The third kappa shape index (κ3) is 5.18. The number of amides is 1. The number of sulfonamides is 1. The number of hydrogen-bond donors (Lipinski definition) is 2. The maximum absolute atomic E-state index is 13.5. The van der Waals surface area contributed by atoms with Crippen LogP contribution in [0, 0.1) is 0 Å². The lowest BCUT2D eigenvalue weighted by atomic mass is 9.87. The minimum atomic E-state index is -3.95. The lowest BCUT2D eigenvalue weighted by Gasteiger charge is -2.26. The number of rotatable bonds is 7. The predicted octanol–water partition coefficient (Wildman–Crippen LogP) is 4.46. The fourth-order valence-electron chi connectivity index (χ4n) is 4.53. The van der Waals surface area contributed by atoms with Gasteiger partial charge in [0.1, 0.15) is 10.6 Å². The minimum Gasteiger partial charge on any atom is -0.495 e. The molecule has 0 heterocycles. The second-order valence-corrected chi connectivity index (χ2v) is 10.5. The third-order valence-corrected chi connectivity index (χ3v) is 7.77. The summed E-state index contributed by atoms with van der Waals surface area (Å²) in [4.78, 5) is 13.9. The highest BCUT2D eigenvalue weighted by molar-refractivity contribution is 7.92. The molecule has 7 nitrogen and oxygen atoms in total. The molecule has 0 spiro atoms. The van der Waals surface area contributed by atoms with Crippen molar-refractivity contribution in [3.63, 3.8) is 0 Å². The van der Waals surface area contributed by atoms with Crippen LogP contribution in [0.15, 0.2) is 65.6 Å². The number of methoxy groups -OCH3 is 1. The Morgan fingerprint density at radius 3 is 2.51 bits per heavy atom. The van der Waals surface area contributed by atoms with Crippen molar-refractivity contribution in [1.29, 1.82) is 0 Å². The van der Waals surface area contributed by atoms with Gasteiger partial charge in [-0.3, -0.25) is 9.52 Å². The van der Waals surface area contributed by atoms with Crippen LogP contribution < -0.4 is 14.8 Å². The lowest BCUT2D eigenvalue weighted by molar-refractivity contribution is 0.0827. The van der Waals surface area contributed by atoms with Gasteiger partial charge in [-0.25, -0.2) is 8.42 Å². The van der Waals surface area contributed by atoms with E-state index >= 15 is 0 Å². The average molecular weight is 494 g/mol. The number of fused-ring (bicyclic) bond motifs is 1. The van der Waals surface area contributed by atoms with E-state index in [1.807, 2.05) is 25.2 Å². The highest BCUT2D eigenvalue weighted by Gasteiger charge is 2.23. The van der Waals surface area contributed by atoms with E-state index in [1.54, 1.807) is 56.6 Å². The number of nitrogens with one attached hydrogen (secondary N) is 2. The largest absolute Gasteiger partial charge is 0.495 e. The van der Waals surface area contributed by atoms with Gasteiger partial charge >= 0.3 is 0 Å². The summed E-state index contributed by atoms with van der Waals surface area (Å²) >= 11 is 0. The summed E-state index contributed by atoms with van der Waals surface area (Å²) < 4.78 is 35.1. The van der Waals surface area contributed by atoms with Crippen LogP contribution in [0.25, 0.3) is 11.1 Å². The van der Waals surface area contributed by atoms with Crippen molar-refractivity contribution in [1.82, 2.24) is 10.2 Å². The standard InChI is InChI=1S/C27H31N3O4S/c1-28-24-10-6-7-18-11-13-22(17-23(18)24)29-35(32,33)26-16-20(12-14-25(26)34-4)19-8-5-9-21(15-19)27(31)30(2)3/h5,8-9,11-17,24,28-29H,6-7,10H2,1-4H3. The first-order valence-electron chi connectivity index (χ1n) is 11.6. The quantitative estimate of drug-likeness (QED) is 0.507. The van der Waals surface area contributed by atoms with Gasteiger partial charge in [-0.1, -0.05) is 24.3 Å². The number of anilines is 1. The van der Waals surface area contributed by atoms with Crippen LogP contribution in [-0.2, 0) is 16.4 Å². The van der Waals surface area contributed by atoms with Crippen molar-refractivity contribution in [2.24, 2.45) is 0 Å². The first-order chi connectivity index (χ1) is 16.7. The number of carbonyl (C=O) groups excluding carboxylic acids is 1. The van der Waals surface area contributed by atoms with Crippen LogP contribution >= 0.6 is 0 Å². The molecule has 0 saturated heterocycles. The maximum Gasteiger partial charge on any atom is 0.265 e. The summed E-state index contributed by atoms with van der Waals surface area (Å²) in [5, 5.41) is 3.32. The summed E-state index contributed by atoms with van der Waals surface area (Å²) in [5.41, 5.74) is 4.81. The van der Waals surface area contributed by atoms with E-state index in [4.69, 9.17) is 4.74 Å². The Morgan fingerprint density at radius 2 is 1.80 bits per heavy atom. The Morgan fingerprint density at radius 1 is 1.03 bits per heavy atom. The van der Waals surface area contributed by atoms with Crippen molar-refractivity contribution in [2.75, 3.05) is 33.0 Å². The van der Waals surface area contributed by atoms with E-state index in [-0.39, 0.29) is 22.6 Å². The van der Waals surface area contributed by atoms with Crippen molar-refractivity contribution in [2.45, 2.75) is 30.2 Å². The van der Waals surface area contributed by atoms with Gasteiger partial charge in [0.2, 0.25) is 0 Å². The zero-order valence-electron chi connectivity index (χ0n) is 20.5. The fraction of sp³-hybridized carbons (Fsp3) is 0.296. The first-order valence-corrected chi connectivity index (χ1v) is 13.0. The Balaban J connectivity index is 1.70. The topological polar surface area (TPSA) is 87.7 Å². The summed E-state index contributed by atoms with van der Waals surface area (Å²) in [5.74, 6) is 0.120. The van der Waals surface area contributed by atoms with Crippen LogP contribution in [0.3, 0.4) is 0 Å². The van der Waals surface area contributed by atoms with Gasteiger partial charge < -0.3 is 15.0 Å². The van der Waals surface area contributed by atoms with Gasteiger partial charge in [0.15, 0.2) is 0 Å². The van der Waals surface area contributed by atoms with Crippen LogP contribution in [0.4, 0.5) is 5.69 Å². The molecule has 0 fully saturated rings. The van der Waals surface area contributed by atoms with Gasteiger partial charge in [-0.2, -0.15) is 0 Å². The minimum absolute atomic E-state index is 0.0322. The van der Waals surface area contributed by atoms with E-state index in [1.165, 1.54) is 17.6 Å². The van der Waals surface area contributed by atoms with Crippen LogP contribution in [0.1, 0.15) is 40.4 Å². The second-order valence-electron chi connectivity index (χ2n) is 8.90. The fourth-order valence-corrected chi connectivity index (χ4v) is 5.77. The Hall–Kier alpha value is -3.36. The van der Waals surface area contributed by atoms with Crippen LogP contribution in [-0.4, -0.2) is 47.5 Å². The van der Waals surface area contributed by atoms with Crippen LogP contribution in [0.5, 0.6) is 5.75 Å². The predicted molar refractivity (Wildman–Crippen MR) is 138 cm³/mol. The summed E-state index contributed by atoms with van der Waals surface area (Å²) in [6.07, 6.45) is 3.12. The number of aryl methyl sites for hydroxylation is 1. The molecule has 1 atom stereocenters. The van der Waals surface area contributed by atoms with Crippen molar-refractivity contribution < 1.29 is 17.9 Å². The zero-order chi connectivity index (χ0) is 25.2. The normalized spacial score (nSPS) is 15.3. The van der Waals surface area contributed by atoms with Gasteiger partial charge in [-0.05, 0) is 85.0 Å². The van der Waals surface area contributed by atoms with Crippen molar-refractivity contribution in [3.05, 3.63) is 77.4 Å². The summed E-state index contributed by atoms with van der Waals surface area (Å²) in [7, 11) is 2.81. The number of nitrogens with zero attached hydrogens (tertiary/aromatic N) is 1. The summed E-state index contributed by atoms with van der Waals surface area (Å²) in [6.45, 7) is 0. The van der Waals surface area contributed by atoms with Crippen molar-refractivity contribution in [3.8, 4) is 16.9 Å². The van der Waals surface area contributed by atoms with Gasteiger partial charge in [0.25, 0.3) is 15.9 Å². The first kappa shape index (κ1) is 24.8. The molecule has 3 aromatic rings. The molecule has 0 aromatic heterocycles. The molecule has 1 aliphatic carbocycles. The molecule has 4 rings (SSSR count). The molecule has 8 heteroatoms. The molecule has 1 amide bonds. The van der Waals surface area contributed by atoms with Gasteiger partial charge in [0, 0.05) is 31.4 Å². The molecule has 2 N–H and O–H groups in total. The molecule has 184 valence electrons. The Bertz CT molecular complexity index is 1350. The highest BCUT2D eigenvalue weighted by Crippen LogP contribution is 2.34. The van der Waals surface area contributed by atoms with Crippen LogP contribution in [0.2, 0.25) is 0 Å². The molecule has 0 saturated carbocycles. The molecule has 0 radical (unpaired) electrons. The Kier molecular flexibility index (Phi) is 7.14. The van der Waals surface area contributed by atoms with E-state index in [0.29, 0.717) is 16.8 Å². The molecule has 35 heavy (non-hydrogen) atoms. The SMILES string of the molecule is CNC1CCCc2ccc(NS(=O)(=O)c3cc(-c4cccc(C(=O)N(C)C)c4)ccc3OC)cc21. The van der Waals surface area contributed by atoms with E-state index in [0.717, 1.165) is 30.4 Å². The number of benzene rings is 3. The maximum atomic E-state index is 13.5. The summed E-state index contributed by atoms with van der Waals surface area (Å²) in [6, 6.07) is 18.1. The highest BCUT2D eigenvalue weighted by atomic mass is 32.2. The number of carbonyl (C=O) groups is 1. The molecule has 1 aliphatic rings. The molecule has 0 bridgehead atoms. The molecular formula is C27H31N3O4S. The van der Waals surface area contributed by atoms with E-state index in [2.05, 4.69) is 10.0 Å². The third-order valence-electron chi connectivity index (χ3n) is 6.36.